The highest BCUT2D eigenvalue weighted by molar-refractivity contribution is 5.94. The van der Waals surface area contributed by atoms with E-state index in [1.54, 1.807) is 0 Å². The number of aromatic amines is 1. The van der Waals surface area contributed by atoms with Crippen molar-refractivity contribution in [2.45, 2.75) is 33.6 Å². The molecule has 138 valence electrons. The fourth-order valence-electron chi connectivity index (χ4n) is 3.32. The van der Waals surface area contributed by atoms with Crippen molar-refractivity contribution in [3.05, 3.63) is 52.3 Å². The van der Waals surface area contributed by atoms with Crippen molar-refractivity contribution < 1.29 is 9.59 Å². The zero-order chi connectivity index (χ0) is 18.7. The molecule has 1 aromatic carbocycles. The number of carbonyl (C=O) groups is 2. The summed E-state index contributed by atoms with van der Waals surface area (Å²) in [6.07, 6.45) is 1.32. The van der Waals surface area contributed by atoms with E-state index >= 15 is 0 Å². The minimum Gasteiger partial charge on any atom is -0.339 e. The van der Waals surface area contributed by atoms with Crippen molar-refractivity contribution in [3.8, 4) is 0 Å². The number of hydrogen-bond acceptors (Lipinski definition) is 3. The van der Waals surface area contributed by atoms with Crippen molar-refractivity contribution in [3.63, 3.8) is 0 Å². The Kier molecular flexibility index (Phi) is 5.40. The second-order valence-electron chi connectivity index (χ2n) is 6.81. The van der Waals surface area contributed by atoms with Gasteiger partial charge in [0.25, 0.3) is 5.91 Å². The zero-order valence-electron chi connectivity index (χ0n) is 15.7. The van der Waals surface area contributed by atoms with E-state index in [1.807, 2.05) is 47.9 Å². The van der Waals surface area contributed by atoms with Crippen LogP contribution in [0.2, 0.25) is 0 Å². The summed E-state index contributed by atoms with van der Waals surface area (Å²) in [5, 5.41) is 7.07. The molecule has 1 aliphatic heterocycles. The highest BCUT2D eigenvalue weighted by atomic mass is 16.2. The molecule has 0 atom stereocenters. The van der Waals surface area contributed by atoms with Crippen LogP contribution in [0.5, 0.6) is 0 Å². The van der Waals surface area contributed by atoms with Crippen molar-refractivity contribution in [1.29, 1.82) is 0 Å². The lowest BCUT2D eigenvalue weighted by atomic mass is 10.1. The Balaban J connectivity index is 1.56. The van der Waals surface area contributed by atoms with Crippen molar-refractivity contribution >= 4 is 11.8 Å². The van der Waals surface area contributed by atoms with Crippen LogP contribution in [0.25, 0.3) is 0 Å². The first-order valence-electron chi connectivity index (χ1n) is 9.16. The van der Waals surface area contributed by atoms with E-state index in [0.717, 1.165) is 23.4 Å². The molecule has 3 rings (SSSR count). The average molecular weight is 354 g/mol. The number of nitrogens with zero attached hydrogens (tertiary/aromatic N) is 3. The highest BCUT2D eigenvalue weighted by Crippen LogP contribution is 2.14. The molecule has 1 saturated heterocycles. The highest BCUT2D eigenvalue weighted by Gasteiger charge is 2.25. The van der Waals surface area contributed by atoms with E-state index < -0.39 is 0 Å². The molecule has 0 spiro atoms. The first-order valence-corrected chi connectivity index (χ1v) is 9.16. The van der Waals surface area contributed by atoms with E-state index in [4.69, 9.17) is 0 Å². The van der Waals surface area contributed by atoms with Crippen LogP contribution in [0.1, 0.15) is 39.8 Å². The molecular weight excluding hydrogens is 328 g/mol. The molecule has 26 heavy (non-hydrogen) atoms. The van der Waals surface area contributed by atoms with Crippen LogP contribution < -0.4 is 0 Å². The van der Waals surface area contributed by atoms with Crippen LogP contribution in [0.4, 0.5) is 0 Å². The Bertz CT molecular complexity index is 767. The molecular formula is C20H26N4O2. The monoisotopic (exact) mass is 354 g/mol. The molecule has 6 nitrogen and oxygen atoms in total. The van der Waals surface area contributed by atoms with Gasteiger partial charge in [-0.05, 0) is 38.0 Å². The van der Waals surface area contributed by atoms with Crippen LogP contribution in [0.15, 0.2) is 24.3 Å². The summed E-state index contributed by atoms with van der Waals surface area (Å²) in [6.45, 7) is 8.24. The lowest BCUT2D eigenvalue weighted by Gasteiger charge is -2.35. The molecule has 2 amide bonds. The molecule has 0 bridgehead atoms. The van der Waals surface area contributed by atoms with Gasteiger partial charge < -0.3 is 9.80 Å². The van der Waals surface area contributed by atoms with E-state index in [-0.39, 0.29) is 11.8 Å². The predicted molar refractivity (Wildman–Crippen MR) is 100 cm³/mol. The van der Waals surface area contributed by atoms with Gasteiger partial charge in [-0.1, -0.05) is 19.1 Å². The number of hydrogen-bond donors (Lipinski definition) is 1. The Hall–Kier alpha value is -2.63. The number of H-pyrrole nitrogens is 1. The second-order valence-corrected chi connectivity index (χ2v) is 6.81. The lowest BCUT2D eigenvalue weighted by Crippen LogP contribution is -2.51. The third-order valence-corrected chi connectivity index (χ3v) is 5.14. The quantitative estimate of drug-likeness (QED) is 0.914. The van der Waals surface area contributed by atoms with E-state index in [1.165, 1.54) is 5.56 Å². The Morgan fingerprint density at radius 3 is 2.19 bits per heavy atom. The maximum absolute atomic E-state index is 12.6. The van der Waals surface area contributed by atoms with Gasteiger partial charge in [-0.25, -0.2) is 0 Å². The van der Waals surface area contributed by atoms with E-state index in [9.17, 15) is 9.59 Å². The van der Waals surface area contributed by atoms with Crippen LogP contribution in [-0.2, 0) is 17.6 Å². The minimum atomic E-state index is 0.0428. The first-order chi connectivity index (χ1) is 12.5. The largest absolute Gasteiger partial charge is 0.339 e. The zero-order valence-corrected chi connectivity index (χ0v) is 15.7. The fourth-order valence-corrected chi connectivity index (χ4v) is 3.32. The number of carbonyl (C=O) groups excluding carboxylic acids is 2. The first kappa shape index (κ1) is 18.2. The lowest BCUT2D eigenvalue weighted by molar-refractivity contribution is -0.131. The minimum absolute atomic E-state index is 0.0428. The molecule has 1 fully saturated rings. The summed E-state index contributed by atoms with van der Waals surface area (Å²) in [5.41, 5.74) is 4.73. The Labute approximate surface area is 154 Å². The van der Waals surface area contributed by atoms with Crippen LogP contribution in [0.3, 0.4) is 0 Å². The molecule has 0 saturated carbocycles. The molecule has 6 heteroatoms. The van der Waals surface area contributed by atoms with Crippen LogP contribution in [-0.4, -0.2) is 58.0 Å². The van der Waals surface area contributed by atoms with E-state index in [2.05, 4.69) is 17.1 Å². The topological polar surface area (TPSA) is 69.3 Å². The molecule has 0 unspecified atom stereocenters. The van der Waals surface area contributed by atoms with Gasteiger partial charge in [-0.3, -0.25) is 14.7 Å². The summed E-state index contributed by atoms with van der Waals surface area (Å²) in [5.74, 6) is 0.137. The summed E-state index contributed by atoms with van der Waals surface area (Å²) in [6, 6.07) is 7.79. The SMILES string of the molecule is CCc1ccc(C(=O)N2CCN(C(=O)Cc3c(C)n[nH]c3C)CC2)cc1. The van der Waals surface area contributed by atoms with Crippen molar-refractivity contribution in [1.82, 2.24) is 20.0 Å². The summed E-state index contributed by atoms with van der Waals surface area (Å²) < 4.78 is 0. The van der Waals surface area contributed by atoms with E-state index in [0.29, 0.717) is 38.2 Å². The van der Waals surface area contributed by atoms with Gasteiger partial charge >= 0.3 is 0 Å². The number of piperazine rings is 1. The molecule has 1 aliphatic rings. The summed E-state index contributed by atoms with van der Waals surface area (Å²) in [4.78, 5) is 28.9. The average Bonchev–Trinajstić information content (AvgIpc) is 2.99. The molecule has 2 heterocycles. The standard InChI is InChI=1S/C20H26N4O2/c1-4-16-5-7-17(8-6-16)20(26)24-11-9-23(10-12-24)19(25)13-18-14(2)21-22-15(18)3/h5-8H,4,9-13H2,1-3H3,(H,21,22). The van der Waals surface area contributed by atoms with Gasteiger partial charge in [0.1, 0.15) is 0 Å². The third kappa shape index (κ3) is 3.79. The summed E-state index contributed by atoms with van der Waals surface area (Å²) in [7, 11) is 0. The van der Waals surface area contributed by atoms with Gasteiger partial charge in [0.05, 0.1) is 12.1 Å². The van der Waals surface area contributed by atoms with Gasteiger partial charge in [0.2, 0.25) is 5.91 Å². The van der Waals surface area contributed by atoms with Gasteiger partial charge in [0, 0.05) is 43.0 Å². The van der Waals surface area contributed by atoms with Crippen LogP contribution in [0, 0.1) is 13.8 Å². The van der Waals surface area contributed by atoms with Gasteiger partial charge in [-0.15, -0.1) is 0 Å². The third-order valence-electron chi connectivity index (χ3n) is 5.14. The number of aryl methyl sites for hydroxylation is 3. The maximum Gasteiger partial charge on any atom is 0.253 e. The number of benzene rings is 1. The Morgan fingerprint density at radius 2 is 1.65 bits per heavy atom. The molecule has 1 aromatic heterocycles. The van der Waals surface area contributed by atoms with Crippen molar-refractivity contribution in [2.24, 2.45) is 0 Å². The summed E-state index contributed by atoms with van der Waals surface area (Å²) >= 11 is 0. The Morgan fingerprint density at radius 1 is 1.04 bits per heavy atom. The molecule has 0 radical (unpaired) electrons. The predicted octanol–water partition coefficient (Wildman–Crippen LogP) is 2.12. The van der Waals surface area contributed by atoms with Gasteiger partial charge in [-0.2, -0.15) is 5.10 Å². The number of nitrogens with one attached hydrogen (secondary N) is 1. The molecule has 1 N–H and O–H groups in total. The van der Waals surface area contributed by atoms with Gasteiger partial charge in [0.15, 0.2) is 0 Å². The number of amides is 2. The molecule has 0 aliphatic carbocycles. The smallest absolute Gasteiger partial charge is 0.253 e. The van der Waals surface area contributed by atoms with Crippen molar-refractivity contribution in [2.75, 3.05) is 26.2 Å². The fraction of sp³-hybridized carbons (Fsp3) is 0.450. The van der Waals surface area contributed by atoms with Crippen LogP contribution >= 0.6 is 0 Å². The second kappa shape index (κ2) is 7.72. The number of rotatable bonds is 4. The normalized spacial score (nSPS) is 14.6. The maximum atomic E-state index is 12.6. The number of aromatic nitrogens is 2. The molecule has 2 aromatic rings.